The third kappa shape index (κ3) is 13.7. The molecule has 0 aliphatic carbocycles. The molecule has 0 fully saturated rings. The summed E-state index contributed by atoms with van der Waals surface area (Å²) in [5.41, 5.74) is 0. The SMILES string of the molecule is FC(F)(F)CO[SiH](OCC(F)(F)F)OCC(F)(F)F. The van der Waals surface area contributed by atoms with Crippen LogP contribution >= 0.6 is 0 Å². The lowest BCUT2D eigenvalue weighted by Crippen LogP contribution is -2.37. The minimum Gasteiger partial charge on any atom is -0.366 e. The Balaban J connectivity index is 4.30. The summed E-state index contributed by atoms with van der Waals surface area (Å²) in [6.07, 6.45) is -14.8. The van der Waals surface area contributed by atoms with Crippen molar-refractivity contribution in [2.45, 2.75) is 18.5 Å². The molecule has 19 heavy (non-hydrogen) atoms. The van der Waals surface area contributed by atoms with Gasteiger partial charge in [0.15, 0.2) is 0 Å². The minimum absolute atomic E-state index is 2.06. The fraction of sp³-hybridized carbons (Fsp3) is 1.00. The zero-order valence-corrected chi connectivity index (χ0v) is 9.98. The van der Waals surface area contributed by atoms with E-state index in [2.05, 4.69) is 13.3 Å². The third-order valence-electron chi connectivity index (χ3n) is 1.15. The normalized spacial score (nSPS) is 14.2. The number of hydrogen-bond acceptors (Lipinski definition) is 3. The summed E-state index contributed by atoms with van der Waals surface area (Å²) < 4.78 is 117. The van der Waals surface area contributed by atoms with Gasteiger partial charge in [0.25, 0.3) is 0 Å². The Bertz CT molecular complexity index is 217. The molecule has 0 amide bonds. The van der Waals surface area contributed by atoms with Gasteiger partial charge >= 0.3 is 28.1 Å². The summed E-state index contributed by atoms with van der Waals surface area (Å²) in [4.78, 5) is 0. The van der Waals surface area contributed by atoms with Crippen LogP contribution in [0.2, 0.25) is 0 Å². The first-order valence-electron chi connectivity index (χ1n) is 4.33. The molecule has 0 saturated carbocycles. The zero-order chi connectivity index (χ0) is 15.3. The monoisotopic (exact) mass is 326 g/mol. The van der Waals surface area contributed by atoms with Gasteiger partial charge in [0.05, 0.1) is 0 Å². The van der Waals surface area contributed by atoms with Crippen molar-refractivity contribution in [1.29, 1.82) is 0 Å². The lowest BCUT2D eigenvalue weighted by atomic mass is 10.7. The Morgan fingerprint density at radius 3 is 0.895 bits per heavy atom. The van der Waals surface area contributed by atoms with Crippen molar-refractivity contribution in [2.75, 3.05) is 19.8 Å². The molecule has 0 spiro atoms. The zero-order valence-electron chi connectivity index (χ0n) is 8.83. The number of rotatable bonds is 6. The summed E-state index contributed by atoms with van der Waals surface area (Å²) >= 11 is 0. The fourth-order valence-electron chi connectivity index (χ4n) is 0.632. The number of alkyl halides is 9. The molecule has 116 valence electrons. The molecule has 3 nitrogen and oxygen atoms in total. The Morgan fingerprint density at radius 1 is 0.526 bits per heavy atom. The average Bonchev–Trinajstić information content (AvgIpc) is 2.11. The van der Waals surface area contributed by atoms with Gasteiger partial charge in [-0.2, -0.15) is 39.5 Å². The van der Waals surface area contributed by atoms with Gasteiger partial charge in [-0.05, 0) is 0 Å². The topological polar surface area (TPSA) is 27.7 Å². The maximum atomic E-state index is 11.7. The predicted octanol–water partition coefficient (Wildman–Crippen LogP) is 2.44. The summed E-state index contributed by atoms with van der Waals surface area (Å²) in [6.45, 7) is -6.17. The Labute approximate surface area is 102 Å². The molecule has 0 unspecified atom stereocenters. The largest absolute Gasteiger partial charge is 0.485 e. The van der Waals surface area contributed by atoms with E-state index in [9.17, 15) is 39.5 Å². The lowest BCUT2D eigenvalue weighted by molar-refractivity contribution is -0.187. The van der Waals surface area contributed by atoms with Crippen molar-refractivity contribution < 1.29 is 52.8 Å². The van der Waals surface area contributed by atoms with Crippen LogP contribution in [0.1, 0.15) is 0 Å². The van der Waals surface area contributed by atoms with Crippen molar-refractivity contribution in [3.63, 3.8) is 0 Å². The van der Waals surface area contributed by atoms with Gasteiger partial charge in [0.2, 0.25) is 0 Å². The molecule has 0 aromatic rings. The third-order valence-corrected chi connectivity index (χ3v) is 2.47. The van der Waals surface area contributed by atoms with Crippen molar-refractivity contribution in [1.82, 2.24) is 0 Å². The van der Waals surface area contributed by atoms with E-state index in [1.54, 1.807) is 0 Å². The van der Waals surface area contributed by atoms with Crippen LogP contribution in [0.3, 0.4) is 0 Å². The van der Waals surface area contributed by atoms with Gasteiger partial charge < -0.3 is 13.3 Å². The highest BCUT2D eigenvalue weighted by Gasteiger charge is 2.37. The Hall–Kier alpha value is -0.533. The van der Waals surface area contributed by atoms with Crippen molar-refractivity contribution in [3.8, 4) is 0 Å². The molecule has 13 heteroatoms. The Morgan fingerprint density at radius 2 is 0.737 bits per heavy atom. The smallest absolute Gasteiger partial charge is 0.366 e. The van der Waals surface area contributed by atoms with Crippen LogP contribution in [-0.2, 0) is 13.3 Å². The molecule has 0 rings (SSSR count). The summed E-state index contributed by atoms with van der Waals surface area (Å²) in [7, 11) is -4.19. The van der Waals surface area contributed by atoms with Gasteiger partial charge in [-0.3, -0.25) is 0 Å². The van der Waals surface area contributed by atoms with E-state index >= 15 is 0 Å². The second-order valence-electron chi connectivity index (χ2n) is 3.07. The van der Waals surface area contributed by atoms with Gasteiger partial charge in [-0.15, -0.1) is 0 Å². The van der Waals surface area contributed by atoms with E-state index in [-0.39, 0.29) is 0 Å². The number of halogens is 9. The number of hydrogen-bond donors (Lipinski definition) is 0. The second kappa shape index (κ2) is 6.76. The molecular formula is C6H7F9O3Si. The highest BCUT2D eigenvalue weighted by molar-refractivity contribution is 6.36. The van der Waals surface area contributed by atoms with Crippen molar-refractivity contribution in [2.24, 2.45) is 0 Å². The van der Waals surface area contributed by atoms with Gasteiger partial charge in [-0.1, -0.05) is 0 Å². The molecular weight excluding hydrogens is 319 g/mol. The van der Waals surface area contributed by atoms with E-state index in [0.29, 0.717) is 0 Å². The summed E-state index contributed by atoms with van der Waals surface area (Å²) in [6, 6.07) is 0. The molecule has 0 aliphatic heterocycles. The highest BCUT2D eigenvalue weighted by Crippen LogP contribution is 2.20. The van der Waals surface area contributed by atoms with Crippen LogP contribution in [-0.4, -0.2) is 47.9 Å². The molecule has 0 radical (unpaired) electrons. The van der Waals surface area contributed by atoms with Crippen LogP contribution in [0.4, 0.5) is 39.5 Å². The molecule has 0 aliphatic rings. The maximum Gasteiger partial charge on any atom is 0.485 e. The first-order valence-corrected chi connectivity index (χ1v) is 5.75. The van der Waals surface area contributed by atoms with E-state index < -0.39 is 47.9 Å². The highest BCUT2D eigenvalue weighted by atomic mass is 28.3. The molecule has 0 bridgehead atoms. The average molecular weight is 326 g/mol. The van der Waals surface area contributed by atoms with E-state index in [1.165, 1.54) is 0 Å². The predicted molar refractivity (Wildman–Crippen MR) is 43.2 cm³/mol. The molecule has 0 N–H and O–H groups in total. The van der Waals surface area contributed by atoms with Crippen LogP contribution in [0.15, 0.2) is 0 Å². The molecule has 0 saturated heterocycles. The van der Waals surface area contributed by atoms with Crippen LogP contribution in [0.5, 0.6) is 0 Å². The van der Waals surface area contributed by atoms with Crippen molar-refractivity contribution in [3.05, 3.63) is 0 Å². The minimum atomic E-state index is -4.92. The van der Waals surface area contributed by atoms with Crippen molar-refractivity contribution >= 4 is 9.53 Å². The Kier molecular flexibility index (Phi) is 6.57. The molecule has 0 aromatic heterocycles. The van der Waals surface area contributed by atoms with Crippen LogP contribution in [0, 0.1) is 0 Å². The standard InChI is InChI=1S/C6H7F9O3Si/c7-4(8,9)1-16-19(17-2-5(10,11)12)18-3-6(13,14)15/h19H,1-3H2. The van der Waals surface area contributed by atoms with E-state index in [0.717, 1.165) is 0 Å². The van der Waals surface area contributed by atoms with Gasteiger partial charge in [0, 0.05) is 0 Å². The lowest BCUT2D eigenvalue weighted by Gasteiger charge is -2.19. The maximum absolute atomic E-state index is 11.7. The molecule has 0 heterocycles. The van der Waals surface area contributed by atoms with E-state index in [1.807, 2.05) is 0 Å². The first kappa shape index (κ1) is 18.5. The van der Waals surface area contributed by atoms with Gasteiger partial charge in [0.1, 0.15) is 19.8 Å². The quantitative estimate of drug-likeness (QED) is 0.554. The molecule has 0 aromatic carbocycles. The summed E-state index contributed by atoms with van der Waals surface area (Å²) in [5.74, 6) is 0. The fourth-order valence-corrected chi connectivity index (χ4v) is 1.90. The van der Waals surface area contributed by atoms with Crippen LogP contribution in [0.25, 0.3) is 0 Å². The first-order chi connectivity index (χ1) is 8.29. The van der Waals surface area contributed by atoms with Gasteiger partial charge in [-0.25, -0.2) is 0 Å². The second-order valence-corrected chi connectivity index (χ2v) is 4.64. The summed E-state index contributed by atoms with van der Waals surface area (Å²) in [5, 5.41) is 0. The molecule has 0 atom stereocenters. The van der Waals surface area contributed by atoms with Crippen LogP contribution < -0.4 is 0 Å². The van der Waals surface area contributed by atoms with E-state index in [4.69, 9.17) is 0 Å².